The van der Waals surface area contributed by atoms with Crippen LogP contribution in [0, 0.1) is 5.92 Å². The lowest BCUT2D eigenvalue weighted by atomic mass is 10.1. The summed E-state index contributed by atoms with van der Waals surface area (Å²) in [4.78, 5) is -0.0598. The van der Waals surface area contributed by atoms with Gasteiger partial charge in [-0.1, -0.05) is 0 Å². The van der Waals surface area contributed by atoms with E-state index >= 15 is 0 Å². The van der Waals surface area contributed by atoms with Gasteiger partial charge in [-0.05, 0) is 45.0 Å². The second kappa shape index (κ2) is 9.23. The van der Waals surface area contributed by atoms with E-state index in [9.17, 15) is 16.8 Å². The quantitative estimate of drug-likeness (QED) is 0.643. The molecule has 0 aromatic heterocycles. The Labute approximate surface area is 161 Å². The number of rotatable bonds is 8. The molecule has 26 heavy (non-hydrogen) atoms. The van der Waals surface area contributed by atoms with Crippen LogP contribution in [0.25, 0.3) is 0 Å². The van der Waals surface area contributed by atoms with Gasteiger partial charge in [-0.3, -0.25) is 4.72 Å². The van der Waals surface area contributed by atoms with Gasteiger partial charge >= 0.3 is 0 Å². The van der Waals surface area contributed by atoms with Crippen LogP contribution in [0.2, 0.25) is 0 Å². The number of anilines is 1. The molecule has 1 aromatic carbocycles. The van der Waals surface area contributed by atoms with E-state index in [4.69, 9.17) is 4.74 Å². The summed E-state index contributed by atoms with van der Waals surface area (Å²) in [5.41, 5.74) is 0.0123. The highest BCUT2D eigenvalue weighted by Gasteiger charge is 2.34. The molecule has 0 bridgehead atoms. The third kappa shape index (κ3) is 5.23. The second-order valence-corrected chi connectivity index (χ2v) is 9.86. The summed E-state index contributed by atoms with van der Waals surface area (Å²) < 4.78 is 58.7. The SMILES string of the molecule is CCS(=O)(=O)Nc1cc(OC)ccc1S(=O)(=O)N1CCC(CNC)C1.Cl. The monoisotopic (exact) mass is 427 g/mol. The zero-order valence-electron chi connectivity index (χ0n) is 15.1. The first-order valence-electron chi connectivity index (χ1n) is 8.06. The second-order valence-electron chi connectivity index (χ2n) is 5.94. The highest BCUT2D eigenvalue weighted by molar-refractivity contribution is 7.93. The molecule has 150 valence electrons. The minimum Gasteiger partial charge on any atom is -0.497 e. The summed E-state index contributed by atoms with van der Waals surface area (Å²) in [7, 11) is -4.16. The highest BCUT2D eigenvalue weighted by Crippen LogP contribution is 2.32. The number of hydrogen-bond donors (Lipinski definition) is 2. The average Bonchev–Trinajstić information content (AvgIpc) is 3.04. The topological polar surface area (TPSA) is 105 Å². The number of ether oxygens (including phenoxy) is 1. The molecule has 1 aliphatic heterocycles. The summed E-state index contributed by atoms with van der Waals surface area (Å²) in [6, 6.07) is 4.28. The van der Waals surface area contributed by atoms with Crippen molar-refractivity contribution in [3.8, 4) is 5.75 Å². The van der Waals surface area contributed by atoms with Crippen molar-refractivity contribution in [1.82, 2.24) is 9.62 Å². The molecule has 11 heteroatoms. The molecule has 1 atom stereocenters. The lowest BCUT2D eigenvalue weighted by Crippen LogP contribution is -2.31. The highest BCUT2D eigenvalue weighted by atomic mass is 35.5. The maximum atomic E-state index is 13.0. The molecule has 1 fully saturated rings. The van der Waals surface area contributed by atoms with E-state index in [2.05, 4.69) is 10.0 Å². The zero-order chi connectivity index (χ0) is 18.7. The van der Waals surface area contributed by atoms with Crippen molar-refractivity contribution in [2.45, 2.75) is 18.2 Å². The van der Waals surface area contributed by atoms with Gasteiger partial charge < -0.3 is 10.1 Å². The van der Waals surface area contributed by atoms with Crippen molar-refractivity contribution in [3.63, 3.8) is 0 Å². The number of benzene rings is 1. The first kappa shape index (κ1) is 23.0. The fourth-order valence-electron chi connectivity index (χ4n) is 2.79. The van der Waals surface area contributed by atoms with Gasteiger partial charge in [-0.2, -0.15) is 4.31 Å². The van der Waals surface area contributed by atoms with Crippen molar-refractivity contribution >= 4 is 38.1 Å². The van der Waals surface area contributed by atoms with E-state index in [-0.39, 0.29) is 34.7 Å². The molecule has 2 N–H and O–H groups in total. The van der Waals surface area contributed by atoms with Crippen LogP contribution < -0.4 is 14.8 Å². The van der Waals surface area contributed by atoms with E-state index in [1.165, 1.54) is 36.5 Å². The minimum atomic E-state index is -3.80. The van der Waals surface area contributed by atoms with Crippen LogP contribution in [0.5, 0.6) is 5.75 Å². The molecule has 0 spiro atoms. The van der Waals surface area contributed by atoms with Gasteiger partial charge in [0.15, 0.2) is 0 Å². The molecule has 8 nitrogen and oxygen atoms in total. The van der Waals surface area contributed by atoms with Crippen LogP contribution in [0.1, 0.15) is 13.3 Å². The molecule has 0 aliphatic carbocycles. The summed E-state index contributed by atoms with van der Waals surface area (Å²) in [5.74, 6) is 0.466. The number of nitrogens with zero attached hydrogens (tertiary/aromatic N) is 1. The van der Waals surface area contributed by atoms with Crippen molar-refractivity contribution in [2.75, 3.05) is 44.3 Å². The van der Waals surface area contributed by atoms with E-state index in [0.29, 0.717) is 18.8 Å². The van der Waals surface area contributed by atoms with Crippen molar-refractivity contribution in [3.05, 3.63) is 18.2 Å². The molecule has 0 radical (unpaired) electrons. The summed E-state index contributed by atoms with van der Waals surface area (Å²) >= 11 is 0. The van der Waals surface area contributed by atoms with Crippen LogP contribution in [0.3, 0.4) is 0 Å². The van der Waals surface area contributed by atoms with Crippen LogP contribution >= 0.6 is 12.4 Å². The lowest BCUT2D eigenvalue weighted by molar-refractivity contribution is 0.414. The average molecular weight is 428 g/mol. The van der Waals surface area contributed by atoms with Crippen molar-refractivity contribution < 1.29 is 21.6 Å². The Morgan fingerprint density at radius 3 is 2.54 bits per heavy atom. The Morgan fingerprint density at radius 1 is 1.27 bits per heavy atom. The minimum absolute atomic E-state index is 0. The summed E-state index contributed by atoms with van der Waals surface area (Å²) in [6.45, 7) is 3.05. The van der Waals surface area contributed by atoms with Crippen LogP contribution in [-0.4, -0.2) is 60.7 Å². The number of nitrogens with one attached hydrogen (secondary N) is 2. The molecule has 1 aromatic rings. The van der Waals surface area contributed by atoms with Gasteiger partial charge in [0.25, 0.3) is 0 Å². The van der Waals surface area contributed by atoms with Gasteiger partial charge in [0.1, 0.15) is 10.6 Å². The van der Waals surface area contributed by atoms with E-state index in [1.54, 1.807) is 0 Å². The maximum Gasteiger partial charge on any atom is 0.245 e. The molecule has 1 aliphatic rings. The molecular weight excluding hydrogens is 402 g/mol. The Kier molecular flexibility index (Phi) is 8.15. The van der Waals surface area contributed by atoms with Crippen molar-refractivity contribution in [2.24, 2.45) is 5.92 Å². The van der Waals surface area contributed by atoms with Crippen LogP contribution in [-0.2, 0) is 20.0 Å². The van der Waals surface area contributed by atoms with E-state index in [1.807, 2.05) is 7.05 Å². The first-order chi connectivity index (χ1) is 11.7. The fraction of sp³-hybridized carbons (Fsp3) is 0.600. The van der Waals surface area contributed by atoms with Crippen LogP contribution in [0.4, 0.5) is 5.69 Å². The van der Waals surface area contributed by atoms with Gasteiger partial charge in [0.2, 0.25) is 20.0 Å². The third-order valence-corrected chi connectivity index (χ3v) is 7.41. The third-order valence-electron chi connectivity index (χ3n) is 4.19. The number of hydrogen-bond acceptors (Lipinski definition) is 6. The summed E-state index contributed by atoms with van der Waals surface area (Å²) in [5, 5.41) is 3.06. The Balaban J connectivity index is 0.00000338. The van der Waals surface area contributed by atoms with E-state index < -0.39 is 20.0 Å². The largest absolute Gasteiger partial charge is 0.497 e. The van der Waals surface area contributed by atoms with Gasteiger partial charge in [-0.15, -0.1) is 12.4 Å². The van der Waals surface area contributed by atoms with Crippen molar-refractivity contribution in [1.29, 1.82) is 0 Å². The molecule has 1 unspecified atom stereocenters. The standard InChI is InChI=1S/C15H25N3O5S2.ClH/c1-4-24(19,20)17-14-9-13(23-3)5-6-15(14)25(21,22)18-8-7-12(11-18)10-16-2;/h5-6,9,12,16-17H,4,7-8,10-11H2,1-3H3;1H. The molecule has 1 saturated heterocycles. The first-order valence-corrected chi connectivity index (χ1v) is 11.2. The number of halogens is 1. The van der Waals surface area contributed by atoms with E-state index in [0.717, 1.165) is 13.0 Å². The Bertz CT molecular complexity index is 815. The Morgan fingerprint density at radius 2 is 1.96 bits per heavy atom. The number of methoxy groups -OCH3 is 1. The van der Waals surface area contributed by atoms with Crippen LogP contribution in [0.15, 0.2) is 23.1 Å². The molecule has 0 amide bonds. The molecule has 0 saturated carbocycles. The normalized spacial score (nSPS) is 18.3. The predicted molar refractivity (Wildman–Crippen MR) is 104 cm³/mol. The fourth-order valence-corrected chi connectivity index (χ4v) is 5.16. The van der Waals surface area contributed by atoms with Gasteiger partial charge in [-0.25, -0.2) is 16.8 Å². The molecular formula is C15H26ClN3O5S2. The molecule has 1 heterocycles. The maximum absolute atomic E-state index is 13.0. The zero-order valence-corrected chi connectivity index (χ0v) is 17.5. The smallest absolute Gasteiger partial charge is 0.245 e. The number of sulfonamides is 2. The van der Waals surface area contributed by atoms with Gasteiger partial charge in [0, 0.05) is 19.2 Å². The Hall–Kier alpha value is -1.07. The van der Waals surface area contributed by atoms with Gasteiger partial charge in [0.05, 0.1) is 18.6 Å². The predicted octanol–water partition coefficient (Wildman–Crippen LogP) is 1.11. The lowest BCUT2D eigenvalue weighted by Gasteiger charge is -2.20. The molecule has 2 rings (SSSR count). The summed E-state index contributed by atoms with van der Waals surface area (Å²) in [6.07, 6.45) is 0.770.